The maximum absolute atomic E-state index is 5.88. The van der Waals surface area contributed by atoms with Crippen LogP contribution in [0.2, 0.25) is 5.02 Å². The van der Waals surface area contributed by atoms with Gasteiger partial charge in [-0.05, 0) is 6.42 Å². The van der Waals surface area contributed by atoms with Crippen LogP contribution in [0.15, 0.2) is 11.2 Å². The van der Waals surface area contributed by atoms with Gasteiger partial charge in [0.25, 0.3) is 0 Å². The average molecular weight is 234 g/mol. The number of halogens is 1. The van der Waals surface area contributed by atoms with Crippen LogP contribution in [0.3, 0.4) is 0 Å². The van der Waals surface area contributed by atoms with Crippen molar-refractivity contribution < 1.29 is 4.74 Å². The number of aromatic nitrogens is 2. The van der Waals surface area contributed by atoms with Gasteiger partial charge >= 0.3 is 0 Å². The summed E-state index contributed by atoms with van der Waals surface area (Å²) in [4.78, 5) is 7.81. The van der Waals surface area contributed by atoms with Gasteiger partial charge in [0.2, 0.25) is 5.95 Å². The number of anilines is 1. The third-order valence-electron chi connectivity index (χ3n) is 1.46. The van der Waals surface area contributed by atoms with Gasteiger partial charge in [-0.2, -0.15) is 0 Å². The lowest BCUT2D eigenvalue weighted by Crippen LogP contribution is -1.97. The molecule has 2 N–H and O–H groups in total. The molecule has 0 saturated heterocycles. The monoisotopic (exact) mass is 233 g/mol. The first-order chi connectivity index (χ1) is 6.74. The van der Waals surface area contributed by atoms with Crippen LogP contribution in [0.4, 0.5) is 5.95 Å². The second kappa shape index (κ2) is 6.06. The fourth-order valence-corrected chi connectivity index (χ4v) is 1.90. The Hall–Kier alpha value is -0.520. The Labute approximate surface area is 92.2 Å². The molecule has 0 aliphatic carbocycles. The van der Waals surface area contributed by atoms with Crippen molar-refractivity contribution in [3.05, 3.63) is 11.2 Å². The van der Waals surface area contributed by atoms with E-state index in [9.17, 15) is 0 Å². The van der Waals surface area contributed by atoms with Gasteiger partial charge in [0.05, 0.1) is 11.2 Å². The number of nitrogens with two attached hydrogens (primary N) is 1. The molecular weight excluding hydrogens is 222 g/mol. The molecule has 1 aromatic rings. The minimum absolute atomic E-state index is 0.253. The maximum atomic E-state index is 5.88. The lowest BCUT2D eigenvalue weighted by atomic mass is 10.5. The molecule has 6 heteroatoms. The molecule has 78 valence electrons. The zero-order chi connectivity index (χ0) is 10.4. The summed E-state index contributed by atoms with van der Waals surface area (Å²) in [6.45, 7) is 0.741. The van der Waals surface area contributed by atoms with E-state index >= 15 is 0 Å². The fraction of sp³-hybridized carbons (Fsp3) is 0.500. The summed E-state index contributed by atoms with van der Waals surface area (Å²) in [7, 11) is 1.68. The first-order valence-electron chi connectivity index (χ1n) is 4.14. The zero-order valence-corrected chi connectivity index (χ0v) is 9.44. The van der Waals surface area contributed by atoms with Crippen molar-refractivity contribution in [3.8, 4) is 0 Å². The van der Waals surface area contributed by atoms with Gasteiger partial charge in [0.1, 0.15) is 5.03 Å². The van der Waals surface area contributed by atoms with Crippen LogP contribution in [-0.4, -0.2) is 29.4 Å². The summed E-state index contributed by atoms with van der Waals surface area (Å²) in [6.07, 6.45) is 2.48. The molecule has 1 rings (SSSR count). The Bertz CT molecular complexity index is 298. The van der Waals surface area contributed by atoms with E-state index in [1.54, 1.807) is 18.9 Å². The predicted molar refractivity (Wildman–Crippen MR) is 58.7 cm³/mol. The minimum Gasteiger partial charge on any atom is -0.385 e. The highest BCUT2D eigenvalue weighted by Crippen LogP contribution is 2.24. The Kier molecular flexibility index (Phi) is 5.00. The van der Waals surface area contributed by atoms with E-state index in [0.717, 1.165) is 23.8 Å². The number of methoxy groups -OCH3 is 1. The summed E-state index contributed by atoms with van der Waals surface area (Å²) in [5, 5.41) is 1.27. The van der Waals surface area contributed by atoms with E-state index in [4.69, 9.17) is 22.1 Å². The average Bonchev–Trinajstić information content (AvgIpc) is 2.18. The van der Waals surface area contributed by atoms with Crippen LogP contribution >= 0.6 is 23.4 Å². The lowest BCUT2D eigenvalue weighted by molar-refractivity contribution is 0.200. The first kappa shape index (κ1) is 11.6. The molecular formula is C8H12ClN3OS. The molecule has 1 heterocycles. The second-order valence-electron chi connectivity index (χ2n) is 2.58. The van der Waals surface area contributed by atoms with Crippen molar-refractivity contribution in [1.29, 1.82) is 0 Å². The Morgan fingerprint density at radius 2 is 2.43 bits per heavy atom. The van der Waals surface area contributed by atoms with Gasteiger partial charge in [0.15, 0.2) is 0 Å². The molecule has 0 aromatic carbocycles. The molecule has 0 atom stereocenters. The highest BCUT2D eigenvalue weighted by Gasteiger charge is 2.03. The Morgan fingerprint density at radius 1 is 1.64 bits per heavy atom. The molecule has 0 bridgehead atoms. The third kappa shape index (κ3) is 3.69. The van der Waals surface area contributed by atoms with Crippen LogP contribution < -0.4 is 5.73 Å². The van der Waals surface area contributed by atoms with Crippen LogP contribution in [0.5, 0.6) is 0 Å². The van der Waals surface area contributed by atoms with E-state index in [-0.39, 0.29) is 5.95 Å². The van der Waals surface area contributed by atoms with E-state index in [1.807, 2.05) is 0 Å². The van der Waals surface area contributed by atoms with Gasteiger partial charge in [-0.1, -0.05) is 11.6 Å². The molecule has 1 aromatic heterocycles. The second-order valence-corrected chi connectivity index (χ2v) is 4.07. The van der Waals surface area contributed by atoms with Crippen molar-refractivity contribution in [2.75, 3.05) is 25.2 Å². The summed E-state index contributed by atoms with van der Waals surface area (Å²) < 4.78 is 4.93. The highest BCUT2D eigenvalue weighted by molar-refractivity contribution is 7.99. The number of nitrogen functional groups attached to an aromatic ring is 1. The van der Waals surface area contributed by atoms with Crippen LogP contribution in [0.25, 0.3) is 0 Å². The number of rotatable bonds is 5. The van der Waals surface area contributed by atoms with Crippen molar-refractivity contribution in [2.45, 2.75) is 11.4 Å². The van der Waals surface area contributed by atoms with E-state index < -0.39 is 0 Å². The predicted octanol–water partition coefficient (Wildman–Crippen LogP) is 1.84. The van der Waals surface area contributed by atoms with Crippen LogP contribution in [-0.2, 0) is 4.74 Å². The SMILES string of the molecule is COCCCSc1nc(N)ncc1Cl. The van der Waals surface area contributed by atoms with Gasteiger partial charge in [-0.25, -0.2) is 9.97 Å². The maximum Gasteiger partial charge on any atom is 0.221 e. The molecule has 0 spiro atoms. The third-order valence-corrected chi connectivity index (χ3v) is 2.93. The summed E-state index contributed by atoms with van der Waals surface area (Å²) >= 11 is 7.43. The highest BCUT2D eigenvalue weighted by atomic mass is 35.5. The normalized spacial score (nSPS) is 10.4. The van der Waals surface area contributed by atoms with Crippen molar-refractivity contribution in [1.82, 2.24) is 9.97 Å². The summed E-state index contributed by atoms with van der Waals surface area (Å²) in [6, 6.07) is 0. The number of nitrogens with zero attached hydrogens (tertiary/aromatic N) is 2. The van der Waals surface area contributed by atoms with Crippen molar-refractivity contribution in [3.63, 3.8) is 0 Å². The van der Waals surface area contributed by atoms with Gasteiger partial charge < -0.3 is 10.5 Å². The lowest BCUT2D eigenvalue weighted by Gasteiger charge is -2.02. The van der Waals surface area contributed by atoms with E-state index in [2.05, 4.69) is 9.97 Å². The van der Waals surface area contributed by atoms with Crippen LogP contribution in [0.1, 0.15) is 6.42 Å². The minimum atomic E-state index is 0.253. The van der Waals surface area contributed by atoms with Crippen LogP contribution in [0, 0.1) is 0 Å². The smallest absolute Gasteiger partial charge is 0.221 e. The Balaban J connectivity index is 2.45. The number of hydrogen-bond donors (Lipinski definition) is 1. The number of hydrogen-bond acceptors (Lipinski definition) is 5. The molecule has 0 radical (unpaired) electrons. The van der Waals surface area contributed by atoms with E-state index in [0.29, 0.717) is 5.02 Å². The van der Waals surface area contributed by atoms with Crippen molar-refractivity contribution >= 4 is 29.3 Å². The molecule has 0 fully saturated rings. The number of thioether (sulfide) groups is 1. The largest absolute Gasteiger partial charge is 0.385 e. The van der Waals surface area contributed by atoms with Gasteiger partial charge in [0, 0.05) is 19.5 Å². The molecule has 0 unspecified atom stereocenters. The van der Waals surface area contributed by atoms with E-state index in [1.165, 1.54) is 6.20 Å². The van der Waals surface area contributed by atoms with Gasteiger partial charge in [-0.15, -0.1) is 11.8 Å². The van der Waals surface area contributed by atoms with Gasteiger partial charge in [-0.3, -0.25) is 0 Å². The standard InChI is InChI=1S/C8H12ClN3OS/c1-13-3-2-4-14-7-6(9)5-11-8(10)12-7/h5H,2-4H2,1H3,(H2,10,11,12). The Morgan fingerprint density at radius 3 is 3.14 bits per heavy atom. The first-order valence-corrected chi connectivity index (χ1v) is 5.50. The quantitative estimate of drug-likeness (QED) is 0.478. The number of ether oxygens (including phenoxy) is 1. The summed E-state index contributed by atoms with van der Waals surface area (Å²) in [5.74, 6) is 1.16. The topological polar surface area (TPSA) is 61.0 Å². The summed E-state index contributed by atoms with van der Waals surface area (Å²) in [5.41, 5.74) is 5.44. The van der Waals surface area contributed by atoms with Crippen molar-refractivity contribution in [2.24, 2.45) is 0 Å². The molecule has 0 amide bonds. The molecule has 0 saturated carbocycles. The molecule has 14 heavy (non-hydrogen) atoms. The fourth-order valence-electron chi connectivity index (χ4n) is 0.838. The molecule has 0 aliphatic rings. The molecule has 0 aliphatic heterocycles. The zero-order valence-electron chi connectivity index (χ0n) is 7.86. The molecule has 4 nitrogen and oxygen atoms in total.